The molecule has 1 aliphatic rings. The molecule has 0 N–H and O–H groups in total. The summed E-state index contributed by atoms with van der Waals surface area (Å²) >= 11 is 0. The van der Waals surface area contributed by atoms with Crippen molar-refractivity contribution in [3.05, 3.63) is 80.9 Å². The largest absolute Gasteiger partial charge is 0.133 e. The summed E-state index contributed by atoms with van der Waals surface area (Å²) in [7, 11) is 5.98. The van der Waals surface area contributed by atoms with Crippen LogP contribution in [0.25, 0.3) is 22.3 Å². The van der Waals surface area contributed by atoms with E-state index in [1.54, 1.807) is 21.3 Å². The van der Waals surface area contributed by atoms with Crippen LogP contribution in [0.4, 0.5) is 0 Å². The second-order valence-corrected chi connectivity index (χ2v) is 11.9. The Morgan fingerprint density at radius 2 is 1.00 bits per heavy atom. The summed E-state index contributed by atoms with van der Waals surface area (Å²) in [4.78, 5) is 0. The second kappa shape index (κ2) is 8.08. The molecule has 1 unspecified atom stereocenters. The molecule has 1 aliphatic heterocycles. The highest BCUT2D eigenvalue weighted by Gasteiger charge is 2.21. The summed E-state index contributed by atoms with van der Waals surface area (Å²) in [6, 6.07) is 14.0. The van der Waals surface area contributed by atoms with Crippen molar-refractivity contribution in [2.75, 3.05) is 0 Å². The van der Waals surface area contributed by atoms with E-state index in [0.29, 0.717) is 0 Å². The first kappa shape index (κ1) is 20.9. The summed E-state index contributed by atoms with van der Waals surface area (Å²) in [5.41, 5.74) is 17.0. The molecule has 0 aromatic heterocycles. The maximum absolute atomic E-state index is 2.85. The van der Waals surface area contributed by atoms with Gasteiger partial charge in [0, 0.05) is 0 Å². The fraction of sp³-hybridized carbons (Fsp3) is 0.308. The Morgan fingerprint density at radius 3 is 1.48 bits per heavy atom. The molecule has 3 heteroatoms. The molecule has 0 amide bonds. The minimum Gasteiger partial charge on any atom is -0.133 e. The zero-order chi connectivity index (χ0) is 20.9. The average molecular weight is 434 g/mol. The van der Waals surface area contributed by atoms with Crippen LogP contribution >= 0.6 is 25.0 Å². The predicted molar refractivity (Wildman–Crippen MR) is 136 cm³/mol. The molecule has 29 heavy (non-hydrogen) atoms. The van der Waals surface area contributed by atoms with Crippen LogP contribution in [0.1, 0.15) is 49.9 Å². The van der Waals surface area contributed by atoms with Crippen LogP contribution in [0.3, 0.4) is 0 Å². The molecule has 148 valence electrons. The third-order valence-electron chi connectivity index (χ3n) is 6.82. The van der Waals surface area contributed by atoms with Gasteiger partial charge < -0.3 is 0 Å². The molecule has 0 spiro atoms. The van der Waals surface area contributed by atoms with E-state index in [4.69, 9.17) is 0 Å². The monoisotopic (exact) mass is 434 g/mol. The molecule has 0 nitrogen and oxygen atoms in total. The molecule has 3 aromatic carbocycles. The van der Waals surface area contributed by atoms with Gasteiger partial charge in [-0.2, -0.15) is 0 Å². The molecule has 0 bridgehead atoms. The van der Waals surface area contributed by atoms with Crippen LogP contribution in [0.2, 0.25) is 0 Å². The van der Waals surface area contributed by atoms with E-state index in [0.717, 1.165) is 11.6 Å². The summed E-state index contributed by atoms with van der Waals surface area (Å²) in [6.45, 7) is 13.7. The maximum Gasteiger partial charge on any atom is 0.0759 e. The first-order valence-electron chi connectivity index (χ1n) is 10.2. The molecule has 0 aliphatic carbocycles. The fourth-order valence-corrected chi connectivity index (χ4v) is 6.63. The van der Waals surface area contributed by atoms with Crippen LogP contribution in [0.15, 0.2) is 36.4 Å². The van der Waals surface area contributed by atoms with E-state index in [9.17, 15) is 0 Å². The molecule has 1 atom stereocenters. The quantitative estimate of drug-likeness (QED) is 0.359. The van der Waals surface area contributed by atoms with Crippen molar-refractivity contribution in [2.24, 2.45) is 0 Å². The fourth-order valence-electron chi connectivity index (χ4n) is 4.36. The lowest BCUT2D eigenvalue weighted by Gasteiger charge is -2.20. The van der Waals surface area contributed by atoms with Gasteiger partial charge in [-0.1, -0.05) is 52.1 Å². The molecule has 0 saturated heterocycles. The van der Waals surface area contributed by atoms with Crippen LogP contribution in [0.5, 0.6) is 0 Å². The third-order valence-corrected chi connectivity index (χ3v) is 9.67. The minimum absolute atomic E-state index is 0.753. The number of benzene rings is 3. The van der Waals surface area contributed by atoms with Crippen molar-refractivity contribution in [1.82, 2.24) is 0 Å². The minimum atomic E-state index is 0.753. The summed E-state index contributed by atoms with van der Waals surface area (Å²) in [5, 5.41) is 0.753. The number of hydrogen-bond acceptors (Lipinski definition) is 0. The van der Waals surface area contributed by atoms with Crippen molar-refractivity contribution in [3.8, 4) is 22.3 Å². The van der Waals surface area contributed by atoms with Crippen LogP contribution < -0.4 is 0 Å². The Labute approximate surface area is 181 Å². The first-order valence-corrected chi connectivity index (χ1v) is 13.7. The summed E-state index contributed by atoms with van der Waals surface area (Å²) in [5.74, 6) is 0. The van der Waals surface area contributed by atoms with Crippen LogP contribution in [-0.2, 0) is 6.16 Å². The number of rotatable bonds is 4. The van der Waals surface area contributed by atoms with Crippen molar-refractivity contribution < 1.29 is 0 Å². The first-order chi connectivity index (χ1) is 13.8. The SMILES string of the molecule is Cc1c(CP)ccc(-c2ccc(-c3ccc(C4P=P4)c(C)c3C)c(C)c2C)c1C. The highest BCUT2D eigenvalue weighted by atomic mass is 31.8. The van der Waals surface area contributed by atoms with Gasteiger partial charge in [-0.15, -0.1) is 9.24 Å². The van der Waals surface area contributed by atoms with Gasteiger partial charge in [0.15, 0.2) is 0 Å². The van der Waals surface area contributed by atoms with Gasteiger partial charge in [0.05, 0.1) is 5.40 Å². The standard InChI is InChI=1S/C26H29P3/c1-14-15(2)21(8-7-20(14)13-27)22-9-10-23(17(4)16(22)3)24-11-12-25(26-28-29-26)19(6)18(24)5/h7-12,26H,13,27H2,1-6H3. The Balaban J connectivity index is 1.82. The summed E-state index contributed by atoms with van der Waals surface area (Å²) in [6.07, 6.45) is 1.01. The normalized spacial score (nSPS) is 16.2. The van der Waals surface area contributed by atoms with Gasteiger partial charge in [0.25, 0.3) is 0 Å². The van der Waals surface area contributed by atoms with Gasteiger partial charge in [0.1, 0.15) is 0 Å². The molecular weight excluding hydrogens is 405 g/mol. The Morgan fingerprint density at radius 1 is 0.586 bits per heavy atom. The Bertz CT molecular complexity index is 1150. The van der Waals surface area contributed by atoms with E-state index < -0.39 is 0 Å². The second-order valence-electron chi connectivity index (χ2n) is 8.19. The lowest BCUT2D eigenvalue weighted by Crippen LogP contribution is -1.98. The molecule has 4 rings (SSSR count). The lowest BCUT2D eigenvalue weighted by molar-refractivity contribution is 1.23. The van der Waals surface area contributed by atoms with Crippen molar-refractivity contribution in [3.63, 3.8) is 0 Å². The Kier molecular flexibility index (Phi) is 5.84. The lowest BCUT2D eigenvalue weighted by atomic mass is 9.85. The zero-order valence-electron chi connectivity index (χ0n) is 18.2. The zero-order valence-corrected chi connectivity index (χ0v) is 21.2. The van der Waals surface area contributed by atoms with Gasteiger partial charge in [-0.3, -0.25) is 0 Å². The van der Waals surface area contributed by atoms with E-state index in [1.165, 1.54) is 61.2 Å². The van der Waals surface area contributed by atoms with Crippen molar-refractivity contribution in [1.29, 1.82) is 0 Å². The van der Waals surface area contributed by atoms with Gasteiger partial charge in [-0.25, -0.2) is 0 Å². The molecule has 3 aromatic rings. The van der Waals surface area contributed by atoms with E-state index in [-0.39, 0.29) is 0 Å². The molecule has 0 fully saturated rings. The average Bonchev–Trinajstić information content (AvgIpc) is 3.54. The topological polar surface area (TPSA) is 0 Å². The van der Waals surface area contributed by atoms with E-state index in [1.807, 2.05) is 0 Å². The molecule has 0 saturated carbocycles. The van der Waals surface area contributed by atoms with Gasteiger partial charge >= 0.3 is 0 Å². The number of hydrogen-bond donors (Lipinski definition) is 0. The van der Waals surface area contributed by atoms with Gasteiger partial charge in [-0.05, 0) is 114 Å². The summed E-state index contributed by atoms with van der Waals surface area (Å²) < 4.78 is 0. The van der Waals surface area contributed by atoms with E-state index >= 15 is 0 Å². The highest BCUT2D eigenvalue weighted by Crippen LogP contribution is 2.62. The highest BCUT2D eigenvalue weighted by molar-refractivity contribution is 8.01. The van der Waals surface area contributed by atoms with Gasteiger partial charge in [0.2, 0.25) is 0 Å². The molecule has 0 radical (unpaired) electrons. The molecule has 1 heterocycles. The maximum atomic E-state index is 2.85. The Hall–Kier alpha value is -1.31. The van der Waals surface area contributed by atoms with Crippen LogP contribution in [-0.4, -0.2) is 0 Å². The third kappa shape index (κ3) is 3.66. The molecular formula is C26H29P3. The smallest absolute Gasteiger partial charge is 0.0759 e. The van der Waals surface area contributed by atoms with Crippen molar-refractivity contribution >= 4 is 25.0 Å². The van der Waals surface area contributed by atoms with Crippen LogP contribution in [0, 0.1) is 41.5 Å². The van der Waals surface area contributed by atoms with Crippen molar-refractivity contribution in [2.45, 2.75) is 53.1 Å². The van der Waals surface area contributed by atoms with E-state index in [2.05, 4.69) is 87.2 Å². The predicted octanol–water partition coefficient (Wildman–Crippen LogP) is 9.07.